The maximum atomic E-state index is 8.50. The fourth-order valence-electron chi connectivity index (χ4n) is 1.50. The number of nitrogens with zero attached hydrogens (tertiary/aromatic N) is 3. The van der Waals surface area contributed by atoms with E-state index >= 15 is 0 Å². The van der Waals surface area contributed by atoms with E-state index in [4.69, 9.17) is 30.0 Å². The number of ether oxygens (including phenoxy) is 3. The maximum absolute atomic E-state index is 8.50. The molecule has 0 heterocycles. The van der Waals surface area contributed by atoms with Gasteiger partial charge in [-0.05, 0) is 7.05 Å². The van der Waals surface area contributed by atoms with Crippen molar-refractivity contribution in [3.63, 3.8) is 0 Å². The topological polar surface area (TPSA) is 111 Å². The van der Waals surface area contributed by atoms with Crippen LogP contribution >= 0.6 is 0 Å². The van der Waals surface area contributed by atoms with Crippen LogP contribution in [-0.2, 0) is 14.2 Å². The fourth-order valence-corrected chi connectivity index (χ4v) is 1.50. The molecule has 0 unspecified atom stereocenters. The van der Waals surface area contributed by atoms with E-state index < -0.39 is 5.54 Å². The summed E-state index contributed by atoms with van der Waals surface area (Å²) >= 11 is 0. The summed E-state index contributed by atoms with van der Waals surface area (Å²) in [5.41, 5.74) is -0.555. The molecule has 0 aromatic rings. The Hall–Kier alpha value is -1.69. The summed E-state index contributed by atoms with van der Waals surface area (Å²) in [6, 6.07) is 6.04. The Kier molecular flexibility index (Phi) is 12.2. The molecule has 0 aromatic heterocycles. The molecule has 0 aliphatic rings. The summed E-state index contributed by atoms with van der Waals surface area (Å²) in [5.74, 6) is 0. The first kappa shape index (κ1) is 19.3. The Balaban J connectivity index is 4.34. The summed E-state index contributed by atoms with van der Waals surface area (Å²) in [4.78, 5) is 0. The fraction of sp³-hybridized carbons (Fsp3) is 0.786. The Morgan fingerprint density at radius 3 is 1.33 bits per heavy atom. The second-order valence-electron chi connectivity index (χ2n) is 4.41. The number of nitrogens with one attached hydrogen (secondary N) is 1. The third-order valence-electron chi connectivity index (χ3n) is 2.74. The molecule has 0 rings (SSSR count). The third kappa shape index (κ3) is 9.79. The van der Waals surface area contributed by atoms with Crippen LogP contribution in [0.4, 0.5) is 0 Å². The summed E-state index contributed by atoms with van der Waals surface area (Å²) in [7, 11) is 1.77. The standard InChI is InChI=1S/C14H22N4O3/c1-18-14(11-19-8-2-5-15,12-20-9-3-6-16)13-21-10-4-7-17/h18H,2-4,8-13H2,1H3. The van der Waals surface area contributed by atoms with Crippen LogP contribution in [0.3, 0.4) is 0 Å². The van der Waals surface area contributed by atoms with E-state index in [9.17, 15) is 0 Å². The van der Waals surface area contributed by atoms with Gasteiger partial charge in [0.1, 0.15) is 0 Å². The van der Waals surface area contributed by atoms with Crippen LogP contribution in [0.2, 0.25) is 0 Å². The van der Waals surface area contributed by atoms with Gasteiger partial charge in [-0.3, -0.25) is 0 Å². The van der Waals surface area contributed by atoms with Crippen molar-refractivity contribution in [2.45, 2.75) is 24.8 Å². The van der Waals surface area contributed by atoms with E-state index in [2.05, 4.69) is 5.32 Å². The molecule has 7 heteroatoms. The highest BCUT2D eigenvalue weighted by molar-refractivity contribution is 4.87. The zero-order chi connectivity index (χ0) is 15.8. The van der Waals surface area contributed by atoms with E-state index in [1.807, 2.05) is 18.2 Å². The molecule has 0 saturated heterocycles. The molecule has 0 aliphatic heterocycles. The molecule has 7 nitrogen and oxygen atoms in total. The monoisotopic (exact) mass is 294 g/mol. The number of hydrogen-bond acceptors (Lipinski definition) is 7. The van der Waals surface area contributed by atoms with Gasteiger partial charge in [-0.2, -0.15) is 15.8 Å². The van der Waals surface area contributed by atoms with Crippen LogP contribution in [-0.4, -0.2) is 52.2 Å². The van der Waals surface area contributed by atoms with Gasteiger partial charge >= 0.3 is 0 Å². The average Bonchev–Trinajstić information content (AvgIpc) is 2.51. The third-order valence-corrected chi connectivity index (χ3v) is 2.74. The first-order valence-electron chi connectivity index (χ1n) is 6.77. The van der Waals surface area contributed by atoms with Crippen molar-refractivity contribution in [3.8, 4) is 18.2 Å². The van der Waals surface area contributed by atoms with Gasteiger partial charge in [0.05, 0.1) is 82.7 Å². The summed E-state index contributed by atoms with van der Waals surface area (Å²) in [5, 5.41) is 28.6. The van der Waals surface area contributed by atoms with E-state index in [1.165, 1.54) is 0 Å². The molecule has 0 amide bonds. The Morgan fingerprint density at radius 2 is 1.10 bits per heavy atom. The lowest BCUT2D eigenvalue weighted by molar-refractivity contribution is -0.0342. The minimum atomic E-state index is -0.555. The van der Waals surface area contributed by atoms with Gasteiger partial charge < -0.3 is 19.5 Å². The van der Waals surface area contributed by atoms with Crippen molar-refractivity contribution in [2.24, 2.45) is 0 Å². The van der Waals surface area contributed by atoms with Gasteiger partial charge in [-0.15, -0.1) is 0 Å². The van der Waals surface area contributed by atoms with Crippen molar-refractivity contribution in [3.05, 3.63) is 0 Å². The average molecular weight is 294 g/mol. The quantitative estimate of drug-likeness (QED) is 0.498. The van der Waals surface area contributed by atoms with Crippen LogP contribution in [0.5, 0.6) is 0 Å². The van der Waals surface area contributed by atoms with Crippen LogP contribution in [0, 0.1) is 34.0 Å². The first-order chi connectivity index (χ1) is 10.2. The van der Waals surface area contributed by atoms with E-state index in [1.54, 1.807) is 7.05 Å². The first-order valence-corrected chi connectivity index (χ1v) is 6.77. The minimum Gasteiger partial charge on any atom is -0.378 e. The number of hydrogen-bond donors (Lipinski definition) is 1. The summed E-state index contributed by atoms with van der Waals surface area (Å²) < 4.78 is 16.4. The lowest BCUT2D eigenvalue weighted by atomic mass is 10.0. The SMILES string of the molecule is CNC(COCCC#N)(COCCC#N)COCCC#N. The number of rotatable bonds is 13. The van der Waals surface area contributed by atoms with E-state index in [0.717, 1.165) is 0 Å². The van der Waals surface area contributed by atoms with Crippen LogP contribution in [0.15, 0.2) is 0 Å². The smallest absolute Gasteiger partial charge is 0.0887 e. The van der Waals surface area contributed by atoms with Gasteiger partial charge in [0, 0.05) is 0 Å². The van der Waals surface area contributed by atoms with Crippen molar-refractivity contribution in [2.75, 3.05) is 46.7 Å². The van der Waals surface area contributed by atoms with Crippen LogP contribution in [0.25, 0.3) is 0 Å². The van der Waals surface area contributed by atoms with Crippen molar-refractivity contribution >= 4 is 0 Å². The molecule has 0 bridgehead atoms. The predicted octanol–water partition coefficient (Wildman–Crippen LogP) is 0.735. The molecule has 0 saturated carbocycles. The highest BCUT2D eigenvalue weighted by Crippen LogP contribution is 2.09. The molecular formula is C14H22N4O3. The molecule has 116 valence electrons. The zero-order valence-corrected chi connectivity index (χ0v) is 12.4. The normalized spacial score (nSPS) is 10.6. The molecular weight excluding hydrogens is 272 g/mol. The van der Waals surface area contributed by atoms with Crippen LogP contribution in [0.1, 0.15) is 19.3 Å². The molecule has 0 atom stereocenters. The lowest BCUT2D eigenvalue weighted by Crippen LogP contribution is -2.55. The highest BCUT2D eigenvalue weighted by atomic mass is 16.5. The Morgan fingerprint density at radius 1 is 0.762 bits per heavy atom. The molecule has 0 radical (unpaired) electrons. The van der Waals surface area contributed by atoms with Crippen molar-refractivity contribution in [1.29, 1.82) is 15.8 Å². The van der Waals surface area contributed by atoms with Crippen molar-refractivity contribution < 1.29 is 14.2 Å². The van der Waals surface area contributed by atoms with Gasteiger partial charge in [0.2, 0.25) is 0 Å². The van der Waals surface area contributed by atoms with Gasteiger partial charge in [0.15, 0.2) is 0 Å². The summed E-state index contributed by atoms with van der Waals surface area (Å²) in [6.07, 6.45) is 0.971. The maximum Gasteiger partial charge on any atom is 0.0887 e. The van der Waals surface area contributed by atoms with Gasteiger partial charge in [0.25, 0.3) is 0 Å². The molecule has 0 aromatic carbocycles. The lowest BCUT2D eigenvalue weighted by Gasteiger charge is -2.32. The van der Waals surface area contributed by atoms with E-state index in [0.29, 0.717) is 58.9 Å². The highest BCUT2D eigenvalue weighted by Gasteiger charge is 2.29. The Labute approximate surface area is 126 Å². The second kappa shape index (κ2) is 13.3. The number of likely N-dealkylation sites (N-methyl/N-ethyl adjacent to an activating group) is 1. The summed E-state index contributed by atoms with van der Waals surface area (Å²) in [6.45, 7) is 2.00. The Bertz CT molecular complexity index is 326. The predicted molar refractivity (Wildman–Crippen MR) is 74.9 cm³/mol. The minimum absolute atomic E-state index is 0.324. The molecule has 0 spiro atoms. The van der Waals surface area contributed by atoms with Gasteiger partial charge in [-0.1, -0.05) is 0 Å². The van der Waals surface area contributed by atoms with E-state index in [-0.39, 0.29) is 0 Å². The largest absolute Gasteiger partial charge is 0.378 e. The molecule has 1 N–H and O–H groups in total. The molecule has 21 heavy (non-hydrogen) atoms. The number of nitriles is 3. The van der Waals surface area contributed by atoms with Crippen molar-refractivity contribution in [1.82, 2.24) is 5.32 Å². The van der Waals surface area contributed by atoms with Crippen LogP contribution < -0.4 is 5.32 Å². The van der Waals surface area contributed by atoms with Gasteiger partial charge in [-0.25, -0.2) is 0 Å². The zero-order valence-electron chi connectivity index (χ0n) is 12.4. The molecule has 0 fully saturated rings. The second-order valence-corrected chi connectivity index (χ2v) is 4.41. The molecule has 0 aliphatic carbocycles.